The first-order valence-corrected chi connectivity index (χ1v) is 7.06. The maximum Gasteiger partial charge on any atom is 0.280 e. The zero-order valence-corrected chi connectivity index (χ0v) is 11.6. The van der Waals surface area contributed by atoms with Crippen molar-refractivity contribution in [2.45, 2.75) is 44.1 Å². The number of nitrogens with one attached hydrogen (secondary N) is 1. The Bertz CT molecular complexity index is 761. The predicted octanol–water partition coefficient (Wildman–Crippen LogP) is 0.150. The lowest BCUT2D eigenvalue weighted by molar-refractivity contribution is -0.162. The van der Waals surface area contributed by atoms with Crippen molar-refractivity contribution < 1.29 is 9.84 Å². The molecule has 0 aromatic carbocycles. The van der Waals surface area contributed by atoms with Crippen molar-refractivity contribution >= 4 is 17.1 Å². The van der Waals surface area contributed by atoms with Gasteiger partial charge in [-0.05, 0) is 6.42 Å². The largest absolute Gasteiger partial charge is 0.393 e. The van der Waals surface area contributed by atoms with Gasteiger partial charge in [-0.25, -0.2) is 4.98 Å². The van der Waals surface area contributed by atoms with Gasteiger partial charge in [0.25, 0.3) is 5.56 Å². The second kappa shape index (κ2) is 4.05. The summed E-state index contributed by atoms with van der Waals surface area (Å²) in [5.74, 6) is 0.311. The molecule has 1 aliphatic carbocycles. The molecule has 0 bridgehead atoms. The number of aromatic amines is 1. The Kier molecular flexibility index (Phi) is 2.46. The fourth-order valence-corrected chi connectivity index (χ4v) is 3.63. The Labute approximate surface area is 120 Å². The van der Waals surface area contributed by atoms with Crippen molar-refractivity contribution in [1.29, 1.82) is 0 Å². The van der Waals surface area contributed by atoms with E-state index in [-0.39, 0.29) is 40.9 Å². The van der Waals surface area contributed by atoms with Gasteiger partial charge >= 0.3 is 0 Å². The molecule has 4 N–H and O–H groups in total. The van der Waals surface area contributed by atoms with Gasteiger partial charge < -0.3 is 15.6 Å². The SMILES string of the molecule is CC1C[C@]2(C[C@H](O)C2)OC1n1cnc2c(=O)[nH]c(N)nc21. The molecule has 8 nitrogen and oxygen atoms in total. The van der Waals surface area contributed by atoms with Crippen LogP contribution in [0.2, 0.25) is 0 Å². The Morgan fingerprint density at radius 3 is 3.00 bits per heavy atom. The van der Waals surface area contributed by atoms with Gasteiger partial charge in [-0.2, -0.15) is 4.98 Å². The molecule has 8 heteroatoms. The smallest absolute Gasteiger partial charge is 0.280 e. The van der Waals surface area contributed by atoms with Gasteiger partial charge in [0, 0.05) is 18.8 Å². The number of rotatable bonds is 1. The molecule has 1 saturated heterocycles. The van der Waals surface area contributed by atoms with E-state index in [1.807, 2.05) is 0 Å². The van der Waals surface area contributed by atoms with Gasteiger partial charge in [0.05, 0.1) is 18.0 Å². The first kappa shape index (κ1) is 12.8. The number of hydrogen-bond acceptors (Lipinski definition) is 6. The summed E-state index contributed by atoms with van der Waals surface area (Å²) in [4.78, 5) is 22.5. The van der Waals surface area contributed by atoms with Crippen LogP contribution in [0.3, 0.4) is 0 Å². The lowest BCUT2D eigenvalue weighted by Crippen LogP contribution is -2.46. The number of ether oxygens (including phenoxy) is 1. The molecule has 2 fully saturated rings. The van der Waals surface area contributed by atoms with E-state index < -0.39 is 0 Å². The monoisotopic (exact) mass is 291 g/mol. The number of aliphatic hydroxyl groups excluding tert-OH is 1. The first-order valence-electron chi connectivity index (χ1n) is 7.06. The van der Waals surface area contributed by atoms with E-state index >= 15 is 0 Å². The first-order chi connectivity index (χ1) is 9.97. The third-order valence-corrected chi connectivity index (χ3v) is 4.49. The number of aromatic nitrogens is 4. The van der Waals surface area contributed by atoms with E-state index in [0.29, 0.717) is 18.5 Å². The molecule has 2 aromatic heterocycles. The normalized spacial score (nSPS) is 35.4. The predicted molar refractivity (Wildman–Crippen MR) is 74.4 cm³/mol. The van der Waals surface area contributed by atoms with Crippen molar-refractivity contribution in [2.24, 2.45) is 5.92 Å². The summed E-state index contributed by atoms with van der Waals surface area (Å²) in [5, 5.41) is 9.55. The number of nitrogen functional groups attached to an aromatic ring is 1. The molecule has 21 heavy (non-hydrogen) atoms. The van der Waals surface area contributed by atoms with Gasteiger partial charge in [-0.3, -0.25) is 14.3 Å². The van der Waals surface area contributed by atoms with Crippen LogP contribution >= 0.6 is 0 Å². The average Bonchev–Trinajstić information content (AvgIpc) is 2.90. The van der Waals surface area contributed by atoms with Crippen LogP contribution in [-0.4, -0.2) is 36.3 Å². The fourth-order valence-electron chi connectivity index (χ4n) is 3.63. The highest BCUT2D eigenvalue weighted by molar-refractivity contribution is 5.70. The second-order valence-electron chi connectivity index (χ2n) is 6.21. The van der Waals surface area contributed by atoms with Gasteiger partial charge in [-0.15, -0.1) is 0 Å². The summed E-state index contributed by atoms with van der Waals surface area (Å²) in [7, 11) is 0. The van der Waals surface area contributed by atoms with Crippen LogP contribution in [0.15, 0.2) is 11.1 Å². The Balaban J connectivity index is 1.75. The lowest BCUT2D eigenvalue weighted by Gasteiger charge is -2.41. The van der Waals surface area contributed by atoms with Crippen LogP contribution < -0.4 is 11.3 Å². The molecule has 0 radical (unpaired) electrons. The van der Waals surface area contributed by atoms with E-state index in [1.54, 1.807) is 10.9 Å². The summed E-state index contributed by atoms with van der Waals surface area (Å²) in [5.41, 5.74) is 5.71. The zero-order valence-electron chi connectivity index (χ0n) is 11.6. The topological polar surface area (TPSA) is 119 Å². The van der Waals surface area contributed by atoms with Gasteiger partial charge in [0.2, 0.25) is 5.95 Å². The third-order valence-electron chi connectivity index (χ3n) is 4.49. The molecule has 1 spiro atoms. The average molecular weight is 291 g/mol. The highest BCUT2D eigenvalue weighted by Gasteiger charge is 2.53. The number of aliphatic hydroxyl groups is 1. The molecule has 112 valence electrons. The summed E-state index contributed by atoms with van der Waals surface area (Å²) in [6.45, 7) is 2.09. The van der Waals surface area contributed by atoms with Crippen molar-refractivity contribution in [2.75, 3.05) is 5.73 Å². The van der Waals surface area contributed by atoms with Crippen molar-refractivity contribution in [3.63, 3.8) is 0 Å². The molecule has 4 rings (SSSR count). The number of hydrogen-bond donors (Lipinski definition) is 3. The molecular weight excluding hydrogens is 274 g/mol. The molecule has 3 heterocycles. The third kappa shape index (κ3) is 1.79. The number of anilines is 1. The van der Waals surface area contributed by atoms with Crippen LogP contribution in [-0.2, 0) is 4.74 Å². The zero-order chi connectivity index (χ0) is 14.8. The Morgan fingerprint density at radius 1 is 1.52 bits per heavy atom. The van der Waals surface area contributed by atoms with E-state index in [2.05, 4.69) is 21.9 Å². The number of imidazole rings is 1. The van der Waals surface area contributed by atoms with Gasteiger partial charge in [-0.1, -0.05) is 6.92 Å². The van der Waals surface area contributed by atoms with Crippen LogP contribution in [0.25, 0.3) is 11.2 Å². The van der Waals surface area contributed by atoms with Gasteiger partial charge in [0.1, 0.15) is 6.23 Å². The molecule has 2 atom stereocenters. The van der Waals surface area contributed by atoms with E-state index in [0.717, 1.165) is 6.42 Å². The Morgan fingerprint density at radius 2 is 2.29 bits per heavy atom. The van der Waals surface area contributed by atoms with E-state index in [1.165, 1.54) is 0 Å². The minimum absolute atomic E-state index is 0.0636. The Hall–Kier alpha value is -1.93. The molecule has 1 saturated carbocycles. The maximum atomic E-state index is 11.8. The lowest BCUT2D eigenvalue weighted by atomic mass is 9.74. The van der Waals surface area contributed by atoms with E-state index in [9.17, 15) is 9.90 Å². The standard InChI is InChI=1S/C13H17N5O3/c1-6-2-13(3-7(19)4-13)21-11(6)18-5-15-8-9(18)16-12(14)17-10(8)20/h5-7,11,19H,2-4H2,1H3,(H3,14,16,17,20)/t6?,7-,11?,13+. The molecule has 1 aliphatic heterocycles. The van der Waals surface area contributed by atoms with Crippen molar-refractivity contribution in [3.05, 3.63) is 16.7 Å². The molecular formula is C13H17N5O3. The van der Waals surface area contributed by atoms with Gasteiger partial charge in [0.15, 0.2) is 11.2 Å². The minimum Gasteiger partial charge on any atom is -0.393 e. The number of nitrogens with zero attached hydrogens (tertiary/aromatic N) is 3. The number of fused-ring (bicyclic) bond motifs is 1. The van der Waals surface area contributed by atoms with Crippen LogP contribution in [0.5, 0.6) is 0 Å². The quantitative estimate of drug-likeness (QED) is 0.688. The fraction of sp³-hybridized carbons (Fsp3) is 0.615. The summed E-state index contributed by atoms with van der Waals surface area (Å²) in [6, 6.07) is 0. The van der Waals surface area contributed by atoms with Crippen LogP contribution in [0.4, 0.5) is 5.95 Å². The number of nitrogens with two attached hydrogens (primary N) is 1. The molecule has 2 aliphatic rings. The summed E-state index contributed by atoms with van der Waals surface area (Å²) < 4.78 is 7.94. The molecule has 2 aromatic rings. The van der Waals surface area contributed by atoms with E-state index in [4.69, 9.17) is 10.5 Å². The maximum absolute atomic E-state index is 11.8. The van der Waals surface area contributed by atoms with Crippen molar-refractivity contribution in [3.8, 4) is 0 Å². The minimum atomic E-state index is -0.351. The van der Waals surface area contributed by atoms with Crippen LogP contribution in [0, 0.1) is 5.92 Å². The summed E-state index contributed by atoms with van der Waals surface area (Å²) >= 11 is 0. The highest BCUT2D eigenvalue weighted by atomic mass is 16.5. The summed E-state index contributed by atoms with van der Waals surface area (Å²) in [6.07, 6.45) is 3.27. The van der Waals surface area contributed by atoms with Crippen LogP contribution in [0.1, 0.15) is 32.4 Å². The number of H-pyrrole nitrogens is 1. The van der Waals surface area contributed by atoms with Crippen molar-refractivity contribution in [1.82, 2.24) is 19.5 Å². The molecule has 2 unspecified atom stereocenters. The molecule has 0 amide bonds. The highest BCUT2D eigenvalue weighted by Crippen LogP contribution is 2.51. The second-order valence-corrected chi connectivity index (χ2v) is 6.21.